The molecule has 0 aromatic carbocycles. The highest BCUT2D eigenvalue weighted by molar-refractivity contribution is 5.93. The zero-order valence-electron chi connectivity index (χ0n) is 9.56. The summed E-state index contributed by atoms with van der Waals surface area (Å²) in [6.07, 6.45) is 2.41. The Hall–Kier alpha value is -2.50. The van der Waals surface area contributed by atoms with Gasteiger partial charge in [-0.2, -0.15) is 0 Å². The lowest BCUT2D eigenvalue weighted by Gasteiger charge is -1.99. The highest BCUT2D eigenvalue weighted by Gasteiger charge is 2.09. The zero-order valence-corrected chi connectivity index (χ0v) is 9.56. The molecular formula is C12H10NO5-. The van der Waals surface area contributed by atoms with Crippen LogP contribution in [-0.2, 0) is 6.54 Å². The fourth-order valence-electron chi connectivity index (χ4n) is 1.41. The average Bonchev–Trinajstić information content (AvgIpc) is 2.94. The van der Waals surface area contributed by atoms with Crippen LogP contribution in [0.15, 0.2) is 33.5 Å². The summed E-state index contributed by atoms with van der Waals surface area (Å²) in [5.74, 6) is -0.666. The van der Waals surface area contributed by atoms with Crippen molar-refractivity contribution in [3.63, 3.8) is 0 Å². The highest BCUT2D eigenvalue weighted by atomic mass is 16.4. The van der Waals surface area contributed by atoms with Gasteiger partial charge in [0.2, 0.25) is 0 Å². The Morgan fingerprint density at radius 2 is 1.94 bits per heavy atom. The third kappa shape index (κ3) is 2.60. The minimum absolute atomic E-state index is 0.0570. The van der Waals surface area contributed by atoms with E-state index in [1.165, 1.54) is 12.3 Å². The number of carboxylic acid groups (broad SMARTS) is 1. The van der Waals surface area contributed by atoms with Crippen molar-refractivity contribution in [1.29, 1.82) is 0 Å². The summed E-state index contributed by atoms with van der Waals surface area (Å²) >= 11 is 0. The number of hydrogen-bond acceptors (Lipinski definition) is 5. The highest BCUT2D eigenvalue weighted by Crippen LogP contribution is 2.08. The van der Waals surface area contributed by atoms with Crippen molar-refractivity contribution in [3.8, 4) is 0 Å². The molecule has 94 valence electrons. The molecule has 0 fully saturated rings. The fourth-order valence-corrected chi connectivity index (χ4v) is 1.41. The molecule has 0 bridgehead atoms. The lowest BCUT2D eigenvalue weighted by atomic mass is 10.3. The van der Waals surface area contributed by atoms with E-state index in [0.717, 1.165) is 6.26 Å². The van der Waals surface area contributed by atoms with Gasteiger partial charge >= 0.3 is 0 Å². The first-order valence-corrected chi connectivity index (χ1v) is 5.18. The third-order valence-electron chi connectivity index (χ3n) is 2.31. The van der Waals surface area contributed by atoms with Crippen molar-refractivity contribution >= 4 is 11.9 Å². The Morgan fingerprint density at radius 1 is 1.22 bits per heavy atom. The number of furan rings is 2. The van der Waals surface area contributed by atoms with Gasteiger partial charge in [0.15, 0.2) is 0 Å². The van der Waals surface area contributed by atoms with Crippen molar-refractivity contribution in [1.82, 2.24) is 5.32 Å². The Morgan fingerprint density at radius 3 is 2.50 bits per heavy atom. The number of carboxylic acids is 1. The Balaban J connectivity index is 1.95. The van der Waals surface area contributed by atoms with Crippen LogP contribution >= 0.6 is 0 Å². The number of aromatic carboxylic acids is 1. The van der Waals surface area contributed by atoms with Gasteiger partial charge in [-0.25, -0.2) is 0 Å². The van der Waals surface area contributed by atoms with Gasteiger partial charge < -0.3 is 24.1 Å². The van der Waals surface area contributed by atoms with Crippen LogP contribution in [0.4, 0.5) is 0 Å². The van der Waals surface area contributed by atoms with E-state index in [0.29, 0.717) is 17.1 Å². The normalized spacial score (nSPS) is 10.3. The Bertz CT molecular complexity index is 581. The molecule has 0 spiro atoms. The molecule has 6 nitrogen and oxygen atoms in total. The molecule has 0 atom stereocenters. The van der Waals surface area contributed by atoms with Crippen LogP contribution in [0.1, 0.15) is 32.2 Å². The second-order valence-electron chi connectivity index (χ2n) is 3.72. The molecule has 18 heavy (non-hydrogen) atoms. The maximum Gasteiger partial charge on any atom is 0.254 e. The van der Waals surface area contributed by atoms with Crippen LogP contribution in [0.3, 0.4) is 0 Å². The molecule has 1 N–H and O–H groups in total. The summed E-state index contributed by atoms with van der Waals surface area (Å²) in [5.41, 5.74) is 0.345. The lowest BCUT2D eigenvalue weighted by molar-refractivity contribution is -0.255. The summed E-state index contributed by atoms with van der Waals surface area (Å²) in [6.45, 7) is 1.83. The van der Waals surface area contributed by atoms with Crippen LogP contribution in [0.2, 0.25) is 0 Å². The van der Waals surface area contributed by atoms with E-state index in [4.69, 9.17) is 8.83 Å². The van der Waals surface area contributed by atoms with Crippen molar-refractivity contribution in [2.75, 3.05) is 0 Å². The van der Waals surface area contributed by atoms with E-state index in [9.17, 15) is 14.7 Å². The second kappa shape index (κ2) is 4.79. The molecule has 2 heterocycles. The number of rotatable bonds is 4. The minimum atomic E-state index is -1.32. The number of amides is 1. The van der Waals surface area contributed by atoms with Crippen LogP contribution < -0.4 is 10.4 Å². The van der Waals surface area contributed by atoms with Crippen molar-refractivity contribution in [2.24, 2.45) is 0 Å². The second-order valence-corrected chi connectivity index (χ2v) is 3.72. The Labute approximate surface area is 102 Å². The standard InChI is InChI=1S/C12H11NO5/c1-7-2-8(5-17-7)11(14)13-4-10-3-9(6-18-10)12(15)16/h2-3,5-6H,4H2,1H3,(H,13,14)(H,15,16)/p-1. The molecule has 0 aliphatic carbocycles. The van der Waals surface area contributed by atoms with Gasteiger partial charge in [-0.1, -0.05) is 0 Å². The summed E-state index contributed by atoms with van der Waals surface area (Å²) in [6, 6.07) is 2.90. The molecular weight excluding hydrogens is 238 g/mol. The van der Waals surface area contributed by atoms with E-state index >= 15 is 0 Å². The summed E-state index contributed by atoms with van der Waals surface area (Å²) in [7, 11) is 0. The van der Waals surface area contributed by atoms with Gasteiger partial charge in [0, 0.05) is 5.56 Å². The SMILES string of the molecule is Cc1cc(C(=O)NCc2cc(C(=O)[O-])co2)co1. The molecule has 0 unspecified atom stereocenters. The molecule has 0 aliphatic heterocycles. The number of aryl methyl sites for hydroxylation is 1. The third-order valence-corrected chi connectivity index (χ3v) is 2.31. The largest absolute Gasteiger partial charge is 0.545 e. The van der Waals surface area contributed by atoms with Crippen molar-refractivity contribution < 1.29 is 23.5 Å². The number of carbonyl (C=O) groups is 2. The van der Waals surface area contributed by atoms with Gasteiger partial charge in [-0.05, 0) is 19.1 Å². The molecule has 2 rings (SSSR count). The Kier molecular flexibility index (Phi) is 3.18. The van der Waals surface area contributed by atoms with Gasteiger partial charge in [0.1, 0.15) is 17.8 Å². The monoisotopic (exact) mass is 248 g/mol. The van der Waals surface area contributed by atoms with Gasteiger partial charge in [0.25, 0.3) is 5.91 Å². The zero-order chi connectivity index (χ0) is 13.1. The first-order chi connectivity index (χ1) is 8.56. The van der Waals surface area contributed by atoms with Crippen molar-refractivity contribution in [3.05, 3.63) is 47.3 Å². The van der Waals surface area contributed by atoms with E-state index in [2.05, 4.69) is 5.32 Å². The lowest BCUT2D eigenvalue weighted by Crippen LogP contribution is -2.22. The van der Waals surface area contributed by atoms with Gasteiger partial charge in [-0.15, -0.1) is 0 Å². The quantitative estimate of drug-likeness (QED) is 0.848. The van der Waals surface area contributed by atoms with E-state index in [-0.39, 0.29) is 18.0 Å². The number of hydrogen-bond donors (Lipinski definition) is 1. The summed E-state index contributed by atoms with van der Waals surface area (Å²) in [4.78, 5) is 22.1. The van der Waals surface area contributed by atoms with Gasteiger partial charge in [0.05, 0.1) is 24.3 Å². The van der Waals surface area contributed by atoms with Crippen LogP contribution in [0.25, 0.3) is 0 Å². The topological polar surface area (TPSA) is 95.5 Å². The van der Waals surface area contributed by atoms with Crippen molar-refractivity contribution in [2.45, 2.75) is 13.5 Å². The molecule has 0 aliphatic rings. The maximum absolute atomic E-state index is 11.6. The average molecular weight is 248 g/mol. The number of nitrogens with one attached hydrogen (secondary N) is 1. The predicted molar refractivity (Wildman–Crippen MR) is 57.7 cm³/mol. The van der Waals surface area contributed by atoms with E-state index in [1.54, 1.807) is 13.0 Å². The van der Waals surface area contributed by atoms with Crippen LogP contribution in [0.5, 0.6) is 0 Å². The molecule has 0 saturated carbocycles. The molecule has 1 amide bonds. The van der Waals surface area contributed by atoms with Gasteiger partial charge in [-0.3, -0.25) is 4.79 Å². The first-order valence-electron chi connectivity index (χ1n) is 5.18. The molecule has 2 aromatic rings. The maximum atomic E-state index is 11.6. The smallest absolute Gasteiger partial charge is 0.254 e. The van der Waals surface area contributed by atoms with Crippen LogP contribution in [0, 0.1) is 6.92 Å². The molecule has 6 heteroatoms. The summed E-state index contributed by atoms with van der Waals surface area (Å²) in [5, 5.41) is 13.1. The van der Waals surface area contributed by atoms with E-state index < -0.39 is 5.97 Å². The minimum Gasteiger partial charge on any atom is -0.545 e. The molecule has 0 saturated heterocycles. The fraction of sp³-hybridized carbons (Fsp3) is 0.167. The number of carbonyl (C=O) groups excluding carboxylic acids is 2. The van der Waals surface area contributed by atoms with E-state index in [1.807, 2.05) is 0 Å². The molecule has 0 radical (unpaired) electrons. The summed E-state index contributed by atoms with van der Waals surface area (Å²) < 4.78 is 9.96. The van der Waals surface area contributed by atoms with Crippen LogP contribution in [-0.4, -0.2) is 11.9 Å². The molecule has 2 aromatic heterocycles. The first kappa shape index (κ1) is 12.0. The predicted octanol–water partition coefficient (Wildman–Crippen LogP) is 0.475.